The van der Waals surface area contributed by atoms with Gasteiger partial charge in [0.05, 0.1) is 6.61 Å². The van der Waals surface area contributed by atoms with Gasteiger partial charge >= 0.3 is 0 Å². The number of benzene rings is 2. The Morgan fingerprint density at radius 3 is 2.40 bits per heavy atom. The predicted molar refractivity (Wildman–Crippen MR) is 85.0 cm³/mol. The molecule has 2 rings (SSSR count). The third kappa shape index (κ3) is 3.41. The summed E-state index contributed by atoms with van der Waals surface area (Å²) >= 11 is 3.43. The minimum absolute atomic E-state index is 0.0253. The Hall–Kier alpha value is -1.32. The maximum atomic E-state index is 9.44. The number of rotatable bonds is 4. The summed E-state index contributed by atoms with van der Waals surface area (Å²) in [6, 6.07) is 10.2. The van der Waals surface area contributed by atoms with E-state index in [4.69, 9.17) is 4.74 Å². The van der Waals surface area contributed by atoms with E-state index in [-0.39, 0.29) is 6.61 Å². The SMILES string of the molecule is Cc1ccc(COc2c(C)cc(Br)cc2CO)cc1C. The molecule has 106 valence electrons. The van der Waals surface area contributed by atoms with Crippen LogP contribution in [0.15, 0.2) is 34.8 Å². The normalized spacial score (nSPS) is 10.7. The molecule has 1 N–H and O–H groups in total. The Morgan fingerprint density at radius 1 is 1.00 bits per heavy atom. The lowest BCUT2D eigenvalue weighted by atomic mass is 10.1. The molecular formula is C17H19BrO2. The van der Waals surface area contributed by atoms with Crippen LogP contribution in [0.1, 0.15) is 27.8 Å². The minimum atomic E-state index is -0.0253. The van der Waals surface area contributed by atoms with Crippen LogP contribution < -0.4 is 4.74 Å². The van der Waals surface area contributed by atoms with E-state index in [0.717, 1.165) is 26.9 Å². The zero-order valence-corrected chi connectivity index (χ0v) is 13.6. The van der Waals surface area contributed by atoms with Crippen LogP contribution in [0.2, 0.25) is 0 Å². The van der Waals surface area contributed by atoms with Crippen LogP contribution in [-0.4, -0.2) is 5.11 Å². The van der Waals surface area contributed by atoms with Crippen LogP contribution in [-0.2, 0) is 13.2 Å². The van der Waals surface area contributed by atoms with Gasteiger partial charge in [-0.25, -0.2) is 0 Å². The van der Waals surface area contributed by atoms with Gasteiger partial charge in [0.2, 0.25) is 0 Å². The summed E-state index contributed by atoms with van der Waals surface area (Å²) in [6.45, 7) is 6.67. The summed E-state index contributed by atoms with van der Waals surface area (Å²) in [5.41, 5.74) is 5.51. The topological polar surface area (TPSA) is 29.5 Å². The molecule has 0 fully saturated rings. The Morgan fingerprint density at radius 2 is 1.75 bits per heavy atom. The van der Waals surface area contributed by atoms with Crippen LogP contribution in [0, 0.1) is 20.8 Å². The molecule has 0 aliphatic carbocycles. The van der Waals surface area contributed by atoms with E-state index in [2.05, 4.69) is 48.0 Å². The van der Waals surface area contributed by atoms with Crippen molar-refractivity contribution in [3.05, 3.63) is 62.6 Å². The molecule has 0 saturated heterocycles. The molecule has 3 heteroatoms. The maximum Gasteiger partial charge on any atom is 0.128 e. The van der Waals surface area contributed by atoms with Crippen LogP contribution in [0.5, 0.6) is 5.75 Å². The van der Waals surface area contributed by atoms with Crippen molar-refractivity contribution >= 4 is 15.9 Å². The molecule has 20 heavy (non-hydrogen) atoms. The molecule has 0 aliphatic heterocycles. The highest BCUT2D eigenvalue weighted by atomic mass is 79.9. The lowest BCUT2D eigenvalue weighted by Crippen LogP contribution is -2.01. The van der Waals surface area contributed by atoms with Gasteiger partial charge in [-0.15, -0.1) is 0 Å². The van der Waals surface area contributed by atoms with Crippen molar-refractivity contribution in [2.45, 2.75) is 34.0 Å². The highest BCUT2D eigenvalue weighted by molar-refractivity contribution is 9.10. The molecule has 0 bridgehead atoms. The summed E-state index contributed by atoms with van der Waals surface area (Å²) in [7, 11) is 0. The van der Waals surface area contributed by atoms with E-state index in [1.165, 1.54) is 11.1 Å². The van der Waals surface area contributed by atoms with Crippen LogP contribution in [0.4, 0.5) is 0 Å². The van der Waals surface area contributed by atoms with Crippen molar-refractivity contribution in [2.24, 2.45) is 0 Å². The molecule has 0 aliphatic rings. The van der Waals surface area contributed by atoms with Gasteiger partial charge in [0, 0.05) is 10.0 Å². The predicted octanol–water partition coefficient (Wildman–Crippen LogP) is 4.45. The second-order valence-electron chi connectivity index (χ2n) is 5.08. The first kappa shape index (κ1) is 15.1. The van der Waals surface area contributed by atoms with Gasteiger partial charge in [0.1, 0.15) is 12.4 Å². The van der Waals surface area contributed by atoms with Crippen molar-refractivity contribution in [3.8, 4) is 5.75 Å². The van der Waals surface area contributed by atoms with Crippen LogP contribution in [0.3, 0.4) is 0 Å². The zero-order chi connectivity index (χ0) is 14.7. The van der Waals surface area contributed by atoms with Gasteiger partial charge in [-0.2, -0.15) is 0 Å². The van der Waals surface area contributed by atoms with Crippen molar-refractivity contribution in [1.82, 2.24) is 0 Å². The van der Waals surface area contributed by atoms with Crippen molar-refractivity contribution in [2.75, 3.05) is 0 Å². The monoisotopic (exact) mass is 334 g/mol. The number of aliphatic hydroxyl groups is 1. The molecule has 0 saturated carbocycles. The van der Waals surface area contributed by atoms with E-state index in [9.17, 15) is 5.11 Å². The second-order valence-corrected chi connectivity index (χ2v) is 5.99. The number of hydrogen-bond donors (Lipinski definition) is 1. The van der Waals surface area contributed by atoms with E-state index in [0.29, 0.717) is 6.61 Å². The maximum absolute atomic E-state index is 9.44. The smallest absolute Gasteiger partial charge is 0.128 e. The van der Waals surface area contributed by atoms with Crippen molar-refractivity contribution in [3.63, 3.8) is 0 Å². The first-order valence-electron chi connectivity index (χ1n) is 6.60. The molecule has 2 aromatic rings. The molecule has 2 nitrogen and oxygen atoms in total. The zero-order valence-electron chi connectivity index (χ0n) is 12.0. The Bertz CT molecular complexity index is 621. The fourth-order valence-electron chi connectivity index (χ4n) is 2.17. The number of halogens is 1. The van der Waals surface area contributed by atoms with Crippen LogP contribution in [0.25, 0.3) is 0 Å². The first-order chi connectivity index (χ1) is 9.51. The third-order valence-corrected chi connectivity index (χ3v) is 3.90. The van der Waals surface area contributed by atoms with E-state index in [1.54, 1.807) is 0 Å². The lowest BCUT2D eigenvalue weighted by molar-refractivity contribution is 0.258. The van der Waals surface area contributed by atoms with E-state index < -0.39 is 0 Å². The van der Waals surface area contributed by atoms with E-state index in [1.807, 2.05) is 19.1 Å². The summed E-state index contributed by atoms with van der Waals surface area (Å²) in [5.74, 6) is 0.772. The van der Waals surface area contributed by atoms with Crippen LogP contribution >= 0.6 is 15.9 Å². The summed E-state index contributed by atoms with van der Waals surface area (Å²) in [6.07, 6.45) is 0. The van der Waals surface area contributed by atoms with Gasteiger partial charge in [0.25, 0.3) is 0 Å². The number of ether oxygens (including phenoxy) is 1. The fraction of sp³-hybridized carbons (Fsp3) is 0.294. The summed E-state index contributed by atoms with van der Waals surface area (Å²) in [5, 5.41) is 9.44. The molecule has 0 spiro atoms. The van der Waals surface area contributed by atoms with E-state index >= 15 is 0 Å². The highest BCUT2D eigenvalue weighted by Gasteiger charge is 2.09. The minimum Gasteiger partial charge on any atom is -0.488 e. The molecule has 0 atom stereocenters. The number of aliphatic hydroxyl groups excluding tert-OH is 1. The highest BCUT2D eigenvalue weighted by Crippen LogP contribution is 2.29. The molecular weight excluding hydrogens is 316 g/mol. The van der Waals surface area contributed by atoms with Gasteiger partial charge in [-0.05, 0) is 55.2 Å². The largest absolute Gasteiger partial charge is 0.488 e. The van der Waals surface area contributed by atoms with Gasteiger partial charge in [-0.3, -0.25) is 0 Å². The quantitative estimate of drug-likeness (QED) is 0.895. The van der Waals surface area contributed by atoms with Crippen molar-refractivity contribution < 1.29 is 9.84 Å². The average Bonchev–Trinajstić information content (AvgIpc) is 2.40. The van der Waals surface area contributed by atoms with Gasteiger partial charge < -0.3 is 9.84 Å². The standard InChI is InChI=1S/C17H19BrO2/c1-11-4-5-14(6-12(11)2)10-20-17-13(3)7-16(18)8-15(17)9-19/h4-8,19H,9-10H2,1-3H3. The number of hydrogen-bond acceptors (Lipinski definition) is 2. The molecule has 0 heterocycles. The molecule has 0 aromatic heterocycles. The second kappa shape index (κ2) is 6.42. The van der Waals surface area contributed by atoms with Gasteiger partial charge in [-0.1, -0.05) is 34.1 Å². The third-order valence-electron chi connectivity index (χ3n) is 3.44. The van der Waals surface area contributed by atoms with Gasteiger partial charge in [0.15, 0.2) is 0 Å². The lowest BCUT2D eigenvalue weighted by Gasteiger charge is -2.14. The first-order valence-corrected chi connectivity index (χ1v) is 7.39. The summed E-state index contributed by atoms with van der Waals surface area (Å²) < 4.78 is 6.87. The fourth-order valence-corrected chi connectivity index (χ4v) is 2.79. The van der Waals surface area contributed by atoms with Crippen molar-refractivity contribution in [1.29, 1.82) is 0 Å². The Kier molecular flexibility index (Phi) is 4.84. The Balaban J connectivity index is 2.20. The molecule has 0 unspecified atom stereocenters. The summed E-state index contributed by atoms with van der Waals surface area (Å²) in [4.78, 5) is 0. The average molecular weight is 335 g/mol. The Labute approximate surface area is 128 Å². The number of aryl methyl sites for hydroxylation is 3. The molecule has 0 radical (unpaired) electrons. The molecule has 0 amide bonds. The molecule has 2 aromatic carbocycles.